The molecule has 0 bridgehead atoms. The fourth-order valence-electron chi connectivity index (χ4n) is 2.75. The largest absolute Gasteiger partial charge is 0.497 e. The highest BCUT2D eigenvalue weighted by molar-refractivity contribution is 6.33. The third kappa shape index (κ3) is 3.44. The maximum Gasteiger partial charge on any atom is 0.255 e. The molecule has 0 saturated heterocycles. The van der Waals surface area contributed by atoms with Crippen molar-refractivity contribution in [2.45, 2.75) is 6.42 Å². The van der Waals surface area contributed by atoms with Crippen LogP contribution in [0.2, 0.25) is 5.02 Å². The van der Waals surface area contributed by atoms with Crippen LogP contribution in [0.1, 0.15) is 22.3 Å². The molecule has 1 aliphatic heterocycles. The summed E-state index contributed by atoms with van der Waals surface area (Å²) in [5.74, 6) is 0.194. The second kappa shape index (κ2) is 7.05. The van der Waals surface area contributed by atoms with Gasteiger partial charge in [-0.3, -0.25) is 4.79 Å². The summed E-state index contributed by atoms with van der Waals surface area (Å²) < 4.78 is 18.3. The van der Waals surface area contributed by atoms with Gasteiger partial charge < -0.3 is 9.64 Å². The number of carbonyl (C=O) groups is 1. The van der Waals surface area contributed by atoms with Crippen LogP contribution in [0.4, 0.5) is 4.39 Å². The van der Waals surface area contributed by atoms with Crippen LogP contribution in [0.5, 0.6) is 5.75 Å². The van der Waals surface area contributed by atoms with Crippen molar-refractivity contribution in [2.75, 3.05) is 20.2 Å². The number of rotatable bonds is 3. The molecule has 0 saturated carbocycles. The minimum Gasteiger partial charge on any atom is -0.497 e. The van der Waals surface area contributed by atoms with E-state index in [1.165, 1.54) is 17.7 Å². The summed E-state index contributed by atoms with van der Waals surface area (Å²) in [4.78, 5) is 14.2. The van der Waals surface area contributed by atoms with Gasteiger partial charge in [-0.2, -0.15) is 0 Å². The van der Waals surface area contributed by atoms with E-state index in [0.717, 1.165) is 23.8 Å². The Hall–Kier alpha value is -2.33. The van der Waals surface area contributed by atoms with Gasteiger partial charge in [0.25, 0.3) is 5.91 Å². The highest BCUT2D eigenvalue weighted by Gasteiger charge is 2.21. The fourth-order valence-corrected chi connectivity index (χ4v) is 3.00. The molecule has 5 heteroatoms. The van der Waals surface area contributed by atoms with E-state index in [1.807, 2.05) is 30.3 Å². The first-order valence-corrected chi connectivity index (χ1v) is 8.04. The van der Waals surface area contributed by atoms with Crippen molar-refractivity contribution in [3.8, 4) is 5.75 Å². The SMILES string of the molecule is COc1ccc(C2=CCN(C(=O)c3ccc(F)cc3Cl)CC2)cc1. The first kappa shape index (κ1) is 16.5. The topological polar surface area (TPSA) is 29.5 Å². The number of ether oxygens (including phenoxy) is 1. The average Bonchev–Trinajstić information content (AvgIpc) is 2.61. The van der Waals surface area contributed by atoms with Gasteiger partial charge in [-0.15, -0.1) is 0 Å². The molecule has 2 aromatic carbocycles. The Bertz CT molecular complexity index is 786. The normalized spacial score (nSPS) is 14.3. The van der Waals surface area contributed by atoms with Crippen molar-refractivity contribution in [3.63, 3.8) is 0 Å². The predicted octanol–water partition coefficient (Wildman–Crippen LogP) is 4.42. The standard InChI is InChI=1S/C19H17ClFNO2/c1-24-16-5-2-13(3-6-16)14-8-10-22(11-9-14)19(23)17-7-4-15(21)12-18(17)20/h2-8,12H,9-11H2,1H3. The fraction of sp³-hybridized carbons (Fsp3) is 0.211. The van der Waals surface area contributed by atoms with Crippen LogP contribution >= 0.6 is 11.6 Å². The number of halogens is 2. The van der Waals surface area contributed by atoms with Crippen molar-refractivity contribution >= 4 is 23.1 Å². The lowest BCUT2D eigenvalue weighted by Gasteiger charge is -2.27. The first-order valence-electron chi connectivity index (χ1n) is 7.66. The summed E-state index contributed by atoms with van der Waals surface area (Å²) in [6, 6.07) is 11.7. The highest BCUT2D eigenvalue weighted by Crippen LogP contribution is 2.26. The summed E-state index contributed by atoms with van der Waals surface area (Å²) in [6.45, 7) is 1.11. The Balaban J connectivity index is 1.73. The minimum absolute atomic E-state index is 0.143. The molecule has 0 radical (unpaired) electrons. The van der Waals surface area contributed by atoms with Crippen molar-refractivity contribution in [3.05, 3.63) is 70.5 Å². The molecule has 24 heavy (non-hydrogen) atoms. The van der Waals surface area contributed by atoms with E-state index in [4.69, 9.17) is 16.3 Å². The van der Waals surface area contributed by atoms with Crippen LogP contribution < -0.4 is 4.74 Å². The van der Waals surface area contributed by atoms with E-state index in [1.54, 1.807) is 12.0 Å². The van der Waals surface area contributed by atoms with E-state index in [0.29, 0.717) is 18.7 Å². The maximum absolute atomic E-state index is 13.1. The van der Waals surface area contributed by atoms with Crippen molar-refractivity contribution in [1.82, 2.24) is 4.90 Å². The number of benzene rings is 2. The van der Waals surface area contributed by atoms with Gasteiger partial charge in [0.15, 0.2) is 0 Å². The van der Waals surface area contributed by atoms with Crippen LogP contribution in [0.15, 0.2) is 48.5 Å². The first-order chi connectivity index (χ1) is 11.6. The Morgan fingerprint density at radius 1 is 1.21 bits per heavy atom. The smallest absolute Gasteiger partial charge is 0.255 e. The van der Waals surface area contributed by atoms with Crippen LogP contribution in [0.25, 0.3) is 5.57 Å². The van der Waals surface area contributed by atoms with Gasteiger partial charge in [-0.1, -0.05) is 29.8 Å². The molecule has 3 nitrogen and oxygen atoms in total. The minimum atomic E-state index is -0.447. The monoisotopic (exact) mass is 345 g/mol. The zero-order chi connectivity index (χ0) is 17.1. The molecule has 124 valence electrons. The molecule has 1 heterocycles. The lowest BCUT2D eigenvalue weighted by atomic mass is 9.99. The molecule has 0 spiro atoms. The molecule has 0 aromatic heterocycles. The van der Waals surface area contributed by atoms with E-state index >= 15 is 0 Å². The molecule has 2 aromatic rings. The Morgan fingerprint density at radius 3 is 2.54 bits per heavy atom. The van der Waals surface area contributed by atoms with Gasteiger partial charge in [-0.25, -0.2) is 4.39 Å². The van der Waals surface area contributed by atoms with Crippen molar-refractivity contribution in [1.29, 1.82) is 0 Å². The number of nitrogens with zero attached hydrogens (tertiary/aromatic N) is 1. The van der Waals surface area contributed by atoms with Crippen LogP contribution in [-0.2, 0) is 0 Å². The summed E-state index contributed by atoms with van der Waals surface area (Å²) in [5, 5.41) is 0.143. The number of carbonyl (C=O) groups excluding carboxylic acids is 1. The van der Waals surface area contributed by atoms with E-state index < -0.39 is 5.82 Å². The second-order valence-electron chi connectivity index (χ2n) is 5.58. The molecular formula is C19H17ClFNO2. The van der Waals surface area contributed by atoms with Crippen LogP contribution in [-0.4, -0.2) is 31.0 Å². The average molecular weight is 346 g/mol. The van der Waals surface area contributed by atoms with Gasteiger partial charge >= 0.3 is 0 Å². The zero-order valence-electron chi connectivity index (χ0n) is 13.3. The molecular weight excluding hydrogens is 329 g/mol. The highest BCUT2D eigenvalue weighted by atomic mass is 35.5. The van der Waals surface area contributed by atoms with Crippen molar-refractivity contribution in [2.24, 2.45) is 0 Å². The third-order valence-corrected chi connectivity index (χ3v) is 4.43. The number of hydrogen-bond donors (Lipinski definition) is 0. The summed E-state index contributed by atoms with van der Waals surface area (Å²) >= 11 is 5.98. The Morgan fingerprint density at radius 2 is 1.96 bits per heavy atom. The molecule has 0 unspecified atom stereocenters. The number of hydrogen-bond acceptors (Lipinski definition) is 2. The maximum atomic E-state index is 13.1. The van der Waals surface area contributed by atoms with Gasteiger partial charge in [-0.05, 0) is 47.9 Å². The van der Waals surface area contributed by atoms with Gasteiger partial charge in [0.1, 0.15) is 11.6 Å². The lowest BCUT2D eigenvalue weighted by molar-refractivity contribution is 0.0773. The van der Waals surface area contributed by atoms with Crippen molar-refractivity contribution < 1.29 is 13.9 Å². The third-order valence-electron chi connectivity index (χ3n) is 4.12. The van der Waals surface area contributed by atoms with Crippen LogP contribution in [0, 0.1) is 5.82 Å². The molecule has 3 rings (SSSR count). The van der Waals surface area contributed by atoms with E-state index in [-0.39, 0.29) is 10.9 Å². The summed E-state index contributed by atoms with van der Waals surface area (Å²) in [5.41, 5.74) is 2.66. The van der Waals surface area contributed by atoms with Crippen LogP contribution in [0.3, 0.4) is 0 Å². The quantitative estimate of drug-likeness (QED) is 0.824. The van der Waals surface area contributed by atoms with E-state index in [9.17, 15) is 9.18 Å². The Kier molecular flexibility index (Phi) is 4.86. The van der Waals surface area contributed by atoms with Gasteiger partial charge in [0.2, 0.25) is 0 Å². The number of methoxy groups -OCH3 is 1. The van der Waals surface area contributed by atoms with E-state index in [2.05, 4.69) is 0 Å². The molecule has 0 atom stereocenters. The summed E-state index contributed by atoms with van der Waals surface area (Å²) in [7, 11) is 1.64. The zero-order valence-corrected chi connectivity index (χ0v) is 14.0. The Labute approximate surface area is 145 Å². The number of amides is 1. The summed E-state index contributed by atoms with van der Waals surface area (Å²) in [6.07, 6.45) is 2.80. The second-order valence-corrected chi connectivity index (χ2v) is 5.99. The molecule has 1 amide bonds. The van der Waals surface area contributed by atoms with Gasteiger partial charge in [0, 0.05) is 13.1 Å². The molecule has 1 aliphatic rings. The molecule has 0 N–H and O–H groups in total. The molecule has 0 aliphatic carbocycles. The molecule has 0 fully saturated rings. The predicted molar refractivity (Wildman–Crippen MR) is 92.9 cm³/mol. The van der Waals surface area contributed by atoms with Gasteiger partial charge in [0.05, 0.1) is 17.7 Å². The lowest BCUT2D eigenvalue weighted by Crippen LogP contribution is -2.34.